The Kier molecular flexibility index (Phi) is 4.22. The summed E-state index contributed by atoms with van der Waals surface area (Å²) in [4.78, 5) is 2.65. The van der Waals surface area contributed by atoms with Gasteiger partial charge in [-0.15, -0.1) is 0 Å². The van der Waals surface area contributed by atoms with E-state index in [1.165, 1.54) is 32.2 Å². The highest BCUT2D eigenvalue weighted by molar-refractivity contribution is 4.89. The van der Waals surface area contributed by atoms with Crippen LogP contribution in [0.3, 0.4) is 0 Å². The predicted octanol–water partition coefficient (Wildman–Crippen LogP) is 1.62. The van der Waals surface area contributed by atoms with E-state index < -0.39 is 0 Å². The number of nitrogens with zero attached hydrogens (tertiary/aromatic N) is 1. The van der Waals surface area contributed by atoms with Crippen LogP contribution < -0.4 is 5.73 Å². The van der Waals surface area contributed by atoms with Gasteiger partial charge in [0.1, 0.15) is 0 Å². The third-order valence-corrected chi connectivity index (χ3v) is 4.35. The molecule has 0 spiro atoms. The van der Waals surface area contributed by atoms with Gasteiger partial charge in [-0.2, -0.15) is 0 Å². The highest BCUT2D eigenvalue weighted by Crippen LogP contribution is 2.30. The molecule has 0 aromatic rings. The average molecular weight is 226 g/mol. The van der Waals surface area contributed by atoms with E-state index in [-0.39, 0.29) is 5.41 Å². The lowest BCUT2D eigenvalue weighted by atomic mass is 9.86. The van der Waals surface area contributed by atoms with Gasteiger partial charge in [-0.1, -0.05) is 12.8 Å². The summed E-state index contributed by atoms with van der Waals surface area (Å²) >= 11 is 0. The normalized spacial score (nSPS) is 37.5. The Balaban J connectivity index is 1.95. The lowest BCUT2D eigenvalue weighted by molar-refractivity contribution is 0.0962. The van der Waals surface area contributed by atoms with Crippen molar-refractivity contribution in [1.29, 1.82) is 0 Å². The topological polar surface area (TPSA) is 38.5 Å². The Morgan fingerprint density at radius 2 is 2.25 bits per heavy atom. The molecule has 0 radical (unpaired) electrons. The number of hydrogen-bond acceptors (Lipinski definition) is 3. The minimum absolute atomic E-state index is 0.249. The highest BCUT2D eigenvalue weighted by Gasteiger charge is 2.36. The van der Waals surface area contributed by atoms with E-state index in [9.17, 15) is 0 Å². The van der Waals surface area contributed by atoms with Gasteiger partial charge in [-0.3, -0.25) is 4.90 Å². The van der Waals surface area contributed by atoms with Crippen LogP contribution in [0.1, 0.15) is 39.0 Å². The molecule has 0 saturated carbocycles. The fourth-order valence-corrected chi connectivity index (χ4v) is 3.00. The maximum Gasteiger partial charge on any atom is 0.0547 e. The van der Waals surface area contributed by atoms with Crippen LogP contribution in [0.4, 0.5) is 0 Å². The fourth-order valence-electron chi connectivity index (χ4n) is 3.00. The van der Waals surface area contributed by atoms with Gasteiger partial charge in [-0.25, -0.2) is 0 Å². The van der Waals surface area contributed by atoms with E-state index in [1.807, 2.05) is 0 Å². The van der Waals surface area contributed by atoms with Gasteiger partial charge < -0.3 is 10.5 Å². The van der Waals surface area contributed by atoms with Gasteiger partial charge in [-0.05, 0) is 32.7 Å². The van der Waals surface area contributed by atoms with Crippen LogP contribution >= 0.6 is 0 Å². The van der Waals surface area contributed by atoms with E-state index in [4.69, 9.17) is 10.5 Å². The van der Waals surface area contributed by atoms with Crippen molar-refractivity contribution in [2.45, 2.75) is 45.1 Å². The molecule has 0 bridgehead atoms. The Morgan fingerprint density at radius 3 is 2.94 bits per heavy atom. The summed E-state index contributed by atoms with van der Waals surface area (Å²) in [6, 6.07) is 0.728. The third kappa shape index (κ3) is 2.76. The zero-order valence-electron chi connectivity index (χ0n) is 10.6. The number of nitrogens with two attached hydrogens (primary N) is 1. The molecule has 2 fully saturated rings. The summed E-state index contributed by atoms with van der Waals surface area (Å²) in [7, 11) is 0. The largest absolute Gasteiger partial charge is 0.381 e. The van der Waals surface area contributed by atoms with Gasteiger partial charge in [0.15, 0.2) is 0 Å². The quantitative estimate of drug-likeness (QED) is 0.794. The van der Waals surface area contributed by atoms with Crippen molar-refractivity contribution in [3.8, 4) is 0 Å². The van der Waals surface area contributed by atoms with Crippen LogP contribution in [-0.2, 0) is 4.74 Å². The van der Waals surface area contributed by atoms with E-state index in [1.54, 1.807) is 0 Å². The molecular weight excluding hydrogens is 200 g/mol. The van der Waals surface area contributed by atoms with Crippen LogP contribution in [0.2, 0.25) is 0 Å². The lowest BCUT2D eigenvalue weighted by Crippen LogP contribution is -2.46. The second-order valence-corrected chi connectivity index (χ2v) is 5.68. The van der Waals surface area contributed by atoms with E-state index in [2.05, 4.69) is 11.8 Å². The van der Waals surface area contributed by atoms with Crippen LogP contribution in [0.25, 0.3) is 0 Å². The maximum atomic E-state index is 5.96. The van der Waals surface area contributed by atoms with Gasteiger partial charge in [0.2, 0.25) is 0 Å². The first kappa shape index (κ1) is 12.3. The molecular formula is C13H26N2O. The van der Waals surface area contributed by atoms with Crippen molar-refractivity contribution >= 4 is 0 Å². The van der Waals surface area contributed by atoms with Crippen molar-refractivity contribution in [1.82, 2.24) is 4.90 Å². The molecule has 2 heterocycles. The molecule has 2 atom stereocenters. The zero-order chi connectivity index (χ0) is 11.4. The summed E-state index contributed by atoms with van der Waals surface area (Å²) in [5.41, 5.74) is 6.21. The standard InChI is InChI=1S/C13H26N2O/c1-12-5-3-2-4-7-15(12)10-13(9-14)6-8-16-11-13/h12H,2-11,14H2,1H3. The first-order valence-electron chi connectivity index (χ1n) is 6.78. The Hall–Kier alpha value is -0.120. The first-order chi connectivity index (χ1) is 7.76. The van der Waals surface area contributed by atoms with Crippen LogP contribution in [-0.4, -0.2) is 43.8 Å². The molecule has 2 rings (SSSR count). The second kappa shape index (κ2) is 5.48. The average Bonchev–Trinajstić information content (AvgIpc) is 2.67. The van der Waals surface area contributed by atoms with Crippen molar-refractivity contribution in [2.24, 2.45) is 11.1 Å². The minimum Gasteiger partial charge on any atom is -0.381 e. The molecule has 0 aliphatic carbocycles. The third-order valence-electron chi connectivity index (χ3n) is 4.35. The monoisotopic (exact) mass is 226 g/mol. The fraction of sp³-hybridized carbons (Fsp3) is 1.00. The molecule has 0 aromatic heterocycles. The number of hydrogen-bond donors (Lipinski definition) is 1. The van der Waals surface area contributed by atoms with Crippen LogP contribution in [0.15, 0.2) is 0 Å². The SMILES string of the molecule is CC1CCCCCN1CC1(CN)CCOC1. The molecule has 0 amide bonds. The zero-order valence-corrected chi connectivity index (χ0v) is 10.6. The van der Waals surface area contributed by atoms with E-state index in [0.717, 1.165) is 38.8 Å². The molecule has 2 N–H and O–H groups in total. The van der Waals surface area contributed by atoms with Gasteiger partial charge in [0.25, 0.3) is 0 Å². The number of ether oxygens (including phenoxy) is 1. The smallest absolute Gasteiger partial charge is 0.0547 e. The van der Waals surface area contributed by atoms with Gasteiger partial charge in [0, 0.05) is 31.2 Å². The lowest BCUT2D eigenvalue weighted by Gasteiger charge is -2.36. The summed E-state index contributed by atoms with van der Waals surface area (Å²) in [5.74, 6) is 0. The van der Waals surface area contributed by atoms with E-state index >= 15 is 0 Å². The molecule has 0 aromatic carbocycles. The molecule has 2 aliphatic heterocycles. The summed E-state index contributed by atoms with van der Waals surface area (Å²) in [6.45, 7) is 7.31. The molecule has 3 nitrogen and oxygen atoms in total. The van der Waals surface area contributed by atoms with Crippen LogP contribution in [0.5, 0.6) is 0 Å². The van der Waals surface area contributed by atoms with Gasteiger partial charge >= 0.3 is 0 Å². The Labute approximate surface area is 99.3 Å². The Morgan fingerprint density at radius 1 is 1.38 bits per heavy atom. The van der Waals surface area contributed by atoms with Crippen molar-refractivity contribution in [2.75, 3.05) is 32.8 Å². The second-order valence-electron chi connectivity index (χ2n) is 5.68. The first-order valence-corrected chi connectivity index (χ1v) is 6.78. The summed E-state index contributed by atoms with van der Waals surface area (Å²) < 4.78 is 5.55. The van der Waals surface area contributed by atoms with Gasteiger partial charge in [0.05, 0.1) is 6.61 Å². The highest BCUT2D eigenvalue weighted by atomic mass is 16.5. The molecule has 3 heteroatoms. The van der Waals surface area contributed by atoms with Crippen molar-refractivity contribution in [3.05, 3.63) is 0 Å². The molecule has 16 heavy (non-hydrogen) atoms. The van der Waals surface area contributed by atoms with Crippen molar-refractivity contribution in [3.63, 3.8) is 0 Å². The molecule has 94 valence electrons. The molecule has 2 unspecified atom stereocenters. The number of rotatable bonds is 3. The van der Waals surface area contributed by atoms with Crippen LogP contribution in [0, 0.1) is 5.41 Å². The van der Waals surface area contributed by atoms with Crippen molar-refractivity contribution < 1.29 is 4.74 Å². The molecule has 2 aliphatic rings. The predicted molar refractivity (Wildman–Crippen MR) is 66.4 cm³/mol. The minimum atomic E-state index is 0.249. The number of likely N-dealkylation sites (tertiary alicyclic amines) is 1. The molecule has 2 saturated heterocycles. The summed E-state index contributed by atoms with van der Waals surface area (Å²) in [6.07, 6.45) is 6.64. The van der Waals surface area contributed by atoms with E-state index in [0.29, 0.717) is 0 Å². The Bertz CT molecular complexity index is 214. The maximum absolute atomic E-state index is 5.96. The summed E-state index contributed by atoms with van der Waals surface area (Å²) in [5, 5.41) is 0.